The fraction of sp³-hybridized carbons (Fsp3) is 0.625. The van der Waals surface area contributed by atoms with E-state index in [0.717, 1.165) is 4.31 Å². The van der Waals surface area contributed by atoms with Crippen molar-refractivity contribution in [3.05, 3.63) is 6.33 Å². The minimum atomic E-state index is -3.72. The molecule has 0 aliphatic rings. The molecule has 0 aromatic carbocycles. The molecule has 1 heterocycles. The number of nitrogens with two attached hydrogens (primary N) is 1. The van der Waals surface area contributed by atoms with Gasteiger partial charge in [-0.2, -0.15) is 4.31 Å². The number of rotatable bonds is 4. The quantitative estimate of drug-likeness (QED) is 0.712. The predicted molar refractivity (Wildman–Crippen MR) is 59.1 cm³/mol. The SMILES string of the molecule is CC(CO)N(C)S(=O)(=O)c1c(N)ncn1C. The maximum atomic E-state index is 12.1. The van der Waals surface area contributed by atoms with Gasteiger partial charge in [-0.15, -0.1) is 0 Å². The number of nitrogens with zero attached hydrogens (tertiary/aromatic N) is 3. The Labute approximate surface area is 94.5 Å². The van der Waals surface area contributed by atoms with E-state index in [-0.39, 0.29) is 17.5 Å². The minimum Gasteiger partial charge on any atom is -0.395 e. The molecular weight excluding hydrogens is 232 g/mol. The number of aryl methyl sites for hydroxylation is 1. The van der Waals surface area contributed by atoms with Gasteiger partial charge in [0.25, 0.3) is 10.0 Å². The van der Waals surface area contributed by atoms with Gasteiger partial charge in [0.05, 0.1) is 12.9 Å². The Morgan fingerprint density at radius 2 is 2.25 bits per heavy atom. The van der Waals surface area contributed by atoms with Crippen molar-refractivity contribution < 1.29 is 13.5 Å². The maximum Gasteiger partial charge on any atom is 0.262 e. The zero-order valence-electron chi connectivity index (χ0n) is 9.45. The highest BCUT2D eigenvalue weighted by Crippen LogP contribution is 2.20. The molecule has 0 bridgehead atoms. The zero-order chi connectivity index (χ0) is 12.5. The van der Waals surface area contributed by atoms with E-state index in [9.17, 15) is 8.42 Å². The molecule has 1 unspecified atom stereocenters. The molecule has 0 aliphatic carbocycles. The number of hydrogen-bond acceptors (Lipinski definition) is 5. The summed E-state index contributed by atoms with van der Waals surface area (Å²) in [7, 11) is -0.779. The van der Waals surface area contributed by atoms with Gasteiger partial charge in [0.2, 0.25) is 0 Å². The van der Waals surface area contributed by atoms with Crippen LogP contribution in [0.1, 0.15) is 6.92 Å². The standard InChI is InChI=1S/C8H16N4O3S/c1-6(4-13)12(3)16(14,15)8-7(9)10-5-11(8)2/h5-6,13H,4,9H2,1-3H3. The number of likely N-dealkylation sites (N-methyl/N-ethyl adjacent to an activating group) is 1. The third-order valence-corrected chi connectivity index (χ3v) is 4.52. The van der Waals surface area contributed by atoms with Gasteiger partial charge in [-0.1, -0.05) is 0 Å². The van der Waals surface area contributed by atoms with Crippen molar-refractivity contribution in [2.24, 2.45) is 7.05 Å². The van der Waals surface area contributed by atoms with Gasteiger partial charge >= 0.3 is 0 Å². The van der Waals surface area contributed by atoms with Crippen molar-refractivity contribution >= 4 is 15.8 Å². The summed E-state index contributed by atoms with van der Waals surface area (Å²) in [6.45, 7) is 1.34. The van der Waals surface area contributed by atoms with Crippen LogP contribution in [0.15, 0.2) is 11.4 Å². The van der Waals surface area contributed by atoms with Crippen LogP contribution in [0.3, 0.4) is 0 Å². The molecule has 0 saturated carbocycles. The summed E-state index contributed by atoms with van der Waals surface area (Å²) in [5, 5.41) is 8.88. The number of aliphatic hydroxyl groups is 1. The third kappa shape index (κ3) is 2.04. The molecule has 92 valence electrons. The van der Waals surface area contributed by atoms with Crippen molar-refractivity contribution in [3.63, 3.8) is 0 Å². The van der Waals surface area contributed by atoms with Crippen LogP contribution in [0, 0.1) is 0 Å². The topological polar surface area (TPSA) is 101 Å². The highest BCUT2D eigenvalue weighted by molar-refractivity contribution is 7.89. The summed E-state index contributed by atoms with van der Waals surface area (Å²) < 4.78 is 26.6. The molecular formula is C8H16N4O3S. The molecule has 1 aromatic heterocycles. The molecule has 1 atom stereocenters. The Bertz CT molecular complexity index is 448. The van der Waals surface area contributed by atoms with Crippen LogP contribution in [-0.2, 0) is 17.1 Å². The molecule has 1 aromatic rings. The molecule has 0 saturated heterocycles. The molecule has 1 rings (SSSR count). The minimum absolute atomic E-state index is 0.0421. The van der Waals surface area contributed by atoms with Crippen molar-refractivity contribution in [2.75, 3.05) is 19.4 Å². The lowest BCUT2D eigenvalue weighted by atomic mass is 10.4. The van der Waals surface area contributed by atoms with Gasteiger partial charge in [-0.3, -0.25) is 0 Å². The molecule has 16 heavy (non-hydrogen) atoms. The van der Waals surface area contributed by atoms with Crippen molar-refractivity contribution in [1.82, 2.24) is 13.9 Å². The first kappa shape index (κ1) is 12.9. The fourth-order valence-electron chi connectivity index (χ4n) is 1.24. The molecule has 7 nitrogen and oxygen atoms in total. The summed E-state index contributed by atoms with van der Waals surface area (Å²) in [6.07, 6.45) is 1.33. The lowest BCUT2D eigenvalue weighted by Gasteiger charge is -2.22. The van der Waals surface area contributed by atoms with E-state index < -0.39 is 16.1 Å². The van der Waals surface area contributed by atoms with Gasteiger partial charge < -0.3 is 15.4 Å². The van der Waals surface area contributed by atoms with Crippen LogP contribution in [0.2, 0.25) is 0 Å². The Morgan fingerprint density at radius 3 is 2.62 bits per heavy atom. The average Bonchev–Trinajstić information content (AvgIpc) is 2.56. The molecule has 8 heteroatoms. The van der Waals surface area contributed by atoms with Crippen molar-refractivity contribution in [2.45, 2.75) is 18.0 Å². The molecule has 3 N–H and O–H groups in total. The number of hydrogen-bond donors (Lipinski definition) is 2. The van der Waals surface area contributed by atoms with Gasteiger partial charge in [0.15, 0.2) is 10.8 Å². The molecule has 0 aliphatic heterocycles. The number of imidazole rings is 1. The van der Waals surface area contributed by atoms with Crippen LogP contribution in [0.25, 0.3) is 0 Å². The van der Waals surface area contributed by atoms with Gasteiger partial charge in [-0.05, 0) is 6.92 Å². The zero-order valence-corrected chi connectivity index (χ0v) is 10.3. The molecule has 0 amide bonds. The average molecular weight is 248 g/mol. The summed E-state index contributed by atoms with van der Waals surface area (Å²) in [6, 6.07) is -0.515. The van der Waals surface area contributed by atoms with E-state index in [4.69, 9.17) is 10.8 Å². The van der Waals surface area contributed by atoms with Crippen molar-refractivity contribution in [1.29, 1.82) is 0 Å². The van der Waals surface area contributed by atoms with E-state index in [0.29, 0.717) is 0 Å². The van der Waals surface area contributed by atoms with E-state index >= 15 is 0 Å². The first-order chi connectivity index (χ1) is 7.32. The van der Waals surface area contributed by atoms with E-state index in [1.807, 2.05) is 0 Å². The number of aromatic nitrogens is 2. The highest BCUT2D eigenvalue weighted by Gasteiger charge is 2.30. The maximum absolute atomic E-state index is 12.1. The molecule has 0 spiro atoms. The van der Waals surface area contributed by atoms with Crippen LogP contribution in [0.4, 0.5) is 5.82 Å². The highest BCUT2D eigenvalue weighted by atomic mass is 32.2. The van der Waals surface area contributed by atoms with Gasteiger partial charge in [0.1, 0.15) is 0 Å². The number of anilines is 1. The van der Waals surface area contributed by atoms with Crippen LogP contribution < -0.4 is 5.73 Å². The second-order valence-electron chi connectivity index (χ2n) is 3.60. The fourth-order valence-corrected chi connectivity index (χ4v) is 2.78. The smallest absolute Gasteiger partial charge is 0.262 e. The number of sulfonamides is 1. The molecule has 0 fully saturated rings. The first-order valence-electron chi connectivity index (χ1n) is 4.68. The normalized spacial score (nSPS) is 14.3. The summed E-state index contributed by atoms with van der Waals surface area (Å²) in [5.74, 6) is -0.0421. The molecule has 0 radical (unpaired) electrons. The summed E-state index contributed by atoms with van der Waals surface area (Å²) in [5.41, 5.74) is 5.51. The van der Waals surface area contributed by atoms with Crippen molar-refractivity contribution in [3.8, 4) is 0 Å². The number of nitrogen functional groups attached to an aromatic ring is 1. The number of aliphatic hydroxyl groups excluding tert-OH is 1. The predicted octanol–water partition coefficient (Wildman–Crippen LogP) is -0.996. The lowest BCUT2D eigenvalue weighted by molar-refractivity contribution is 0.213. The van der Waals surface area contributed by atoms with Gasteiger partial charge in [-0.25, -0.2) is 13.4 Å². The first-order valence-corrected chi connectivity index (χ1v) is 6.12. The second-order valence-corrected chi connectivity index (χ2v) is 5.51. The van der Waals surface area contributed by atoms with E-state index in [1.165, 1.54) is 17.9 Å². The Kier molecular flexibility index (Phi) is 3.56. The van der Waals surface area contributed by atoms with E-state index in [2.05, 4.69) is 4.98 Å². The Hall–Kier alpha value is -1.12. The van der Waals surface area contributed by atoms with Crippen LogP contribution in [-0.4, -0.2) is 47.1 Å². The van der Waals surface area contributed by atoms with Gasteiger partial charge in [0, 0.05) is 20.1 Å². The largest absolute Gasteiger partial charge is 0.395 e. The van der Waals surface area contributed by atoms with Crippen LogP contribution >= 0.6 is 0 Å². The third-order valence-electron chi connectivity index (χ3n) is 2.42. The van der Waals surface area contributed by atoms with Crippen LogP contribution in [0.5, 0.6) is 0 Å². The summed E-state index contributed by atoms with van der Waals surface area (Å²) in [4.78, 5) is 3.72. The second kappa shape index (κ2) is 4.40. The monoisotopic (exact) mass is 248 g/mol. The lowest BCUT2D eigenvalue weighted by Crippen LogP contribution is -2.38. The van der Waals surface area contributed by atoms with E-state index in [1.54, 1.807) is 14.0 Å². The Balaban J connectivity index is 3.22. The summed E-state index contributed by atoms with van der Waals surface area (Å²) >= 11 is 0. The Morgan fingerprint density at radius 1 is 1.69 bits per heavy atom.